The molecule has 0 radical (unpaired) electrons. The summed E-state index contributed by atoms with van der Waals surface area (Å²) in [4.78, 5) is 12.1. The zero-order chi connectivity index (χ0) is 20.0. The van der Waals surface area contributed by atoms with E-state index in [0.29, 0.717) is 31.7 Å². The molecule has 0 saturated carbocycles. The molecular weight excluding hydrogens is 366 g/mol. The molecular formula is C19H30N3O4S+. The van der Waals surface area contributed by atoms with Crippen molar-refractivity contribution in [3.63, 3.8) is 0 Å². The molecule has 0 atom stereocenters. The number of aromatic nitrogens is 2. The number of nitrogens with one attached hydrogen (secondary N) is 1. The van der Waals surface area contributed by atoms with Crippen molar-refractivity contribution in [2.24, 2.45) is 0 Å². The van der Waals surface area contributed by atoms with Crippen LogP contribution in [-0.2, 0) is 27.8 Å². The van der Waals surface area contributed by atoms with Crippen LogP contribution in [-0.4, -0.2) is 37.9 Å². The number of esters is 1. The Morgan fingerprint density at radius 1 is 1.22 bits per heavy atom. The molecule has 150 valence electrons. The summed E-state index contributed by atoms with van der Waals surface area (Å²) in [5.74, 6) is 0.883. The number of aryl methyl sites for hydroxylation is 2. The molecule has 0 aliphatic heterocycles. The lowest BCUT2D eigenvalue weighted by Gasteiger charge is -2.05. The van der Waals surface area contributed by atoms with Crippen molar-refractivity contribution in [1.29, 1.82) is 0 Å². The van der Waals surface area contributed by atoms with E-state index in [-0.39, 0.29) is 11.7 Å². The van der Waals surface area contributed by atoms with Gasteiger partial charge < -0.3 is 4.74 Å². The molecule has 1 aromatic carbocycles. The summed E-state index contributed by atoms with van der Waals surface area (Å²) in [6.45, 7) is 9.96. The Morgan fingerprint density at radius 2 is 1.96 bits per heavy atom. The second kappa shape index (κ2) is 9.32. The minimum absolute atomic E-state index is 0.126. The number of nitrogens with zero attached hydrogens (tertiary/aromatic N) is 2. The third kappa shape index (κ3) is 5.07. The van der Waals surface area contributed by atoms with Crippen LogP contribution in [0.5, 0.6) is 0 Å². The predicted octanol–water partition coefficient (Wildman–Crippen LogP) is 2.15. The molecule has 0 spiro atoms. The van der Waals surface area contributed by atoms with E-state index in [0.717, 1.165) is 29.8 Å². The number of rotatable bonds is 10. The molecule has 2 aromatic rings. The second-order valence-corrected chi connectivity index (χ2v) is 8.32. The van der Waals surface area contributed by atoms with Gasteiger partial charge in [-0.3, -0.25) is 0 Å². The number of hydrogen-bond acceptors (Lipinski definition) is 4. The van der Waals surface area contributed by atoms with Gasteiger partial charge in [0.25, 0.3) is 5.82 Å². The Labute approximate surface area is 161 Å². The van der Waals surface area contributed by atoms with Gasteiger partial charge in [-0.05, 0) is 38.8 Å². The molecule has 0 aliphatic rings. The van der Waals surface area contributed by atoms with Crippen LogP contribution in [0.15, 0.2) is 18.2 Å². The van der Waals surface area contributed by atoms with Crippen LogP contribution in [0.3, 0.4) is 0 Å². The van der Waals surface area contributed by atoms with Gasteiger partial charge in [-0.25, -0.2) is 27.1 Å². The molecule has 1 aromatic heterocycles. The largest absolute Gasteiger partial charge is 0.462 e. The van der Waals surface area contributed by atoms with Crippen molar-refractivity contribution in [2.75, 3.05) is 18.9 Å². The van der Waals surface area contributed by atoms with E-state index in [4.69, 9.17) is 4.74 Å². The van der Waals surface area contributed by atoms with Gasteiger partial charge in [0.15, 0.2) is 11.0 Å². The summed E-state index contributed by atoms with van der Waals surface area (Å²) < 4.78 is 35.5. The maximum atomic E-state index is 12.1. The maximum absolute atomic E-state index is 12.1. The summed E-state index contributed by atoms with van der Waals surface area (Å²) in [7, 11) is -3.19. The topological polar surface area (TPSA) is 81.3 Å². The predicted molar refractivity (Wildman–Crippen MR) is 105 cm³/mol. The van der Waals surface area contributed by atoms with Crippen LogP contribution >= 0.6 is 0 Å². The van der Waals surface area contributed by atoms with Crippen molar-refractivity contribution in [3.8, 4) is 0 Å². The number of imidazole rings is 1. The van der Waals surface area contributed by atoms with Gasteiger partial charge in [0.05, 0.1) is 31.0 Å². The van der Waals surface area contributed by atoms with Gasteiger partial charge in [0.1, 0.15) is 0 Å². The van der Waals surface area contributed by atoms with Crippen LogP contribution in [0.25, 0.3) is 11.0 Å². The molecule has 1 N–H and O–H groups in total. The highest BCUT2D eigenvalue weighted by Crippen LogP contribution is 2.18. The number of sulfonamides is 1. The van der Waals surface area contributed by atoms with Gasteiger partial charge in [-0.1, -0.05) is 6.92 Å². The number of fused-ring (bicyclic) bond motifs is 1. The summed E-state index contributed by atoms with van der Waals surface area (Å²) >= 11 is 0. The number of carbonyl (C=O) groups excluding carboxylic acids is 1. The third-order valence-electron chi connectivity index (χ3n) is 4.57. The Balaban J connectivity index is 2.24. The number of benzene rings is 1. The first-order valence-electron chi connectivity index (χ1n) is 9.51. The molecule has 27 heavy (non-hydrogen) atoms. The molecule has 0 saturated heterocycles. The van der Waals surface area contributed by atoms with Gasteiger partial charge in [0, 0.05) is 19.5 Å². The van der Waals surface area contributed by atoms with Crippen molar-refractivity contribution >= 4 is 27.0 Å². The van der Waals surface area contributed by atoms with Crippen molar-refractivity contribution in [2.45, 2.75) is 53.6 Å². The Morgan fingerprint density at radius 3 is 2.59 bits per heavy atom. The monoisotopic (exact) mass is 396 g/mol. The highest BCUT2D eigenvalue weighted by molar-refractivity contribution is 7.89. The van der Waals surface area contributed by atoms with E-state index < -0.39 is 10.0 Å². The highest BCUT2D eigenvalue weighted by atomic mass is 32.2. The molecule has 0 fully saturated rings. The fourth-order valence-corrected chi connectivity index (χ4v) is 4.51. The molecule has 0 unspecified atom stereocenters. The lowest BCUT2D eigenvalue weighted by Crippen LogP contribution is -2.35. The Bertz CT molecular complexity index is 903. The number of ether oxygens (including phenoxy) is 1. The fraction of sp³-hybridized carbons (Fsp3) is 0.579. The smallest absolute Gasteiger partial charge is 0.338 e. The zero-order valence-corrected chi connectivity index (χ0v) is 17.4. The van der Waals surface area contributed by atoms with E-state index in [9.17, 15) is 13.2 Å². The van der Waals surface area contributed by atoms with Crippen molar-refractivity contribution < 1.29 is 22.5 Å². The first-order valence-corrected chi connectivity index (χ1v) is 11.2. The van der Waals surface area contributed by atoms with Crippen LogP contribution in [0.2, 0.25) is 0 Å². The molecule has 2 rings (SSSR count). The van der Waals surface area contributed by atoms with Crippen LogP contribution in [0, 0.1) is 6.92 Å². The van der Waals surface area contributed by atoms with Crippen LogP contribution in [0.4, 0.5) is 0 Å². The van der Waals surface area contributed by atoms with Crippen LogP contribution < -0.4 is 9.29 Å². The first kappa shape index (κ1) is 21.4. The molecule has 0 amide bonds. The quantitative estimate of drug-likeness (QED) is 0.379. The average Bonchev–Trinajstić information content (AvgIpc) is 2.89. The summed E-state index contributed by atoms with van der Waals surface area (Å²) in [6, 6.07) is 5.60. The SMILES string of the molecule is CCNS(=O)(=O)CCCCn1c(C)[n+](CC)c2ccc(C(=O)OCC)cc21. The Kier molecular flexibility index (Phi) is 7.38. The number of hydrogen-bond donors (Lipinski definition) is 1. The van der Waals surface area contributed by atoms with Gasteiger partial charge in [0.2, 0.25) is 10.0 Å². The van der Waals surface area contributed by atoms with Gasteiger partial charge in [-0.2, -0.15) is 0 Å². The fourth-order valence-electron chi connectivity index (χ4n) is 3.34. The normalized spacial score (nSPS) is 11.9. The summed E-state index contributed by atoms with van der Waals surface area (Å²) in [6.07, 6.45) is 1.32. The van der Waals surface area contributed by atoms with Crippen LogP contribution in [0.1, 0.15) is 49.8 Å². The van der Waals surface area contributed by atoms with E-state index in [1.54, 1.807) is 19.9 Å². The average molecular weight is 397 g/mol. The van der Waals surface area contributed by atoms with Gasteiger partial charge in [-0.15, -0.1) is 0 Å². The minimum Gasteiger partial charge on any atom is -0.462 e. The molecule has 7 nitrogen and oxygen atoms in total. The van der Waals surface area contributed by atoms with Gasteiger partial charge >= 0.3 is 5.97 Å². The minimum atomic E-state index is -3.19. The number of unbranched alkanes of at least 4 members (excludes halogenated alkanes) is 1. The molecule has 8 heteroatoms. The standard InChI is InChI=1S/C19H30N3O4S/c1-5-20-27(24,25)13-9-8-12-22-15(4)21(6-2)17-11-10-16(14-18(17)22)19(23)26-7-3/h10-11,14,20H,5-9,12-13H2,1-4H3/q+1. The zero-order valence-electron chi connectivity index (χ0n) is 16.6. The van der Waals surface area contributed by atoms with Crippen molar-refractivity contribution in [1.82, 2.24) is 9.29 Å². The number of carbonyl (C=O) groups is 1. The lowest BCUT2D eigenvalue weighted by molar-refractivity contribution is -0.675. The highest BCUT2D eigenvalue weighted by Gasteiger charge is 2.22. The third-order valence-corrected chi connectivity index (χ3v) is 6.13. The maximum Gasteiger partial charge on any atom is 0.338 e. The van der Waals surface area contributed by atoms with E-state index in [1.165, 1.54) is 0 Å². The van der Waals surface area contributed by atoms with Crippen molar-refractivity contribution in [3.05, 3.63) is 29.6 Å². The molecule has 1 heterocycles. The Hall–Kier alpha value is -1.93. The molecule has 0 bridgehead atoms. The van der Waals surface area contributed by atoms with E-state index in [1.807, 2.05) is 19.1 Å². The molecule has 0 aliphatic carbocycles. The van der Waals surface area contributed by atoms with E-state index in [2.05, 4.69) is 20.8 Å². The van der Waals surface area contributed by atoms with E-state index >= 15 is 0 Å². The summed E-state index contributed by atoms with van der Waals surface area (Å²) in [5.41, 5.74) is 2.55. The second-order valence-electron chi connectivity index (χ2n) is 6.39. The summed E-state index contributed by atoms with van der Waals surface area (Å²) in [5, 5.41) is 0. The lowest BCUT2D eigenvalue weighted by atomic mass is 10.2. The first-order chi connectivity index (χ1) is 12.8.